The summed E-state index contributed by atoms with van der Waals surface area (Å²) in [6, 6.07) is 13.7. The Morgan fingerprint density at radius 1 is 0.941 bits per heavy atom. The fourth-order valence-corrected chi connectivity index (χ4v) is 5.75. The quantitative estimate of drug-likeness (QED) is 0.500. The number of rotatable bonds is 6. The SMILES string of the molecule is CN1C[C@H](Cc2ccc(Cl)cc2)N(C2CCN(c3cc(Cl)ccn3)CC2)C[C@@H]1Cn1ccnc1. The third-order valence-electron chi connectivity index (χ3n) is 7.34. The van der Waals surface area contributed by atoms with Crippen molar-refractivity contribution in [2.75, 3.05) is 38.1 Å². The lowest BCUT2D eigenvalue weighted by Gasteiger charge is -2.50. The molecule has 2 aromatic heterocycles. The molecule has 3 aromatic rings. The summed E-state index contributed by atoms with van der Waals surface area (Å²) < 4.78 is 2.20. The van der Waals surface area contributed by atoms with Gasteiger partial charge >= 0.3 is 0 Å². The number of imidazole rings is 1. The summed E-state index contributed by atoms with van der Waals surface area (Å²) in [5.41, 5.74) is 1.35. The Bertz CT molecular complexity index is 1050. The van der Waals surface area contributed by atoms with Gasteiger partial charge in [-0.05, 0) is 56.1 Å². The number of aromatic nitrogens is 3. The number of hydrogen-bond acceptors (Lipinski definition) is 5. The average molecular weight is 499 g/mol. The van der Waals surface area contributed by atoms with Crippen molar-refractivity contribution < 1.29 is 0 Å². The molecule has 2 fully saturated rings. The number of likely N-dealkylation sites (N-methyl/N-ethyl adjacent to an activating group) is 1. The van der Waals surface area contributed by atoms with E-state index in [9.17, 15) is 0 Å². The summed E-state index contributed by atoms with van der Waals surface area (Å²) in [7, 11) is 2.27. The maximum absolute atomic E-state index is 6.21. The summed E-state index contributed by atoms with van der Waals surface area (Å²) in [5, 5.41) is 1.54. The van der Waals surface area contributed by atoms with E-state index in [2.05, 4.69) is 54.6 Å². The van der Waals surface area contributed by atoms with Crippen molar-refractivity contribution in [2.45, 2.75) is 43.9 Å². The number of anilines is 1. The van der Waals surface area contributed by atoms with E-state index in [0.717, 1.165) is 67.8 Å². The van der Waals surface area contributed by atoms with Crippen LogP contribution in [-0.2, 0) is 13.0 Å². The summed E-state index contributed by atoms with van der Waals surface area (Å²) in [6.45, 7) is 5.09. The molecule has 6 nitrogen and oxygen atoms in total. The lowest BCUT2D eigenvalue weighted by molar-refractivity contribution is 0.00201. The van der Waals surface area contributed by atoms with E-state index in [1.54, 1.807) is 6.20 Å². The zero-order valence-corrected chi connectivity index (χ0v) is 21.1. The van der Waals surface area contributed by atoms with Crippen molar-refractivity contribution in [3.63, 3.8) is 0 Å². The van der Waals surface area contributed by atoms with Crippen LogP contribution in [0.3, 0.4) is 0 Å². The first-order valence-corrected chi connectivity index (χ1v) is 12.8. The van der Waals surface area contributed by atoms with Gasteiger partial charge in [0.15, 0.2) is 0 Å². The first-order valence-electron chi connectivity index (χ1n) is 12.1. The van der Waals surface area contributed by atoms with Gasteiger partial charge in [0.1, 0.15) is 5.82 Å². The summed E-state index contributed by atoms with van der Waals surface area (Å²) >= 11 is 12.4. The number of nitrogens with zero attached hydrogens (tertiary/aromatic N) is 6. The van der Waals surface area contributed by atoms with Gasteiger partial charge in [-0.2, -0.15) is 0 Å². The second kappa shape index (κ2) is 10.6. The zero-order valence-electron chi connectivity index (χ0n) is 19.6. The summed E-state index contributed by atoms with van der Waals surface area (Å²) in [4.78, 5) is 16.5. The van der Waals surface area contributed by atoms with Crippen LogP contribution in [0.4, 0.5) is 5.82 Å². The molecule has 2 aliphatic heterocycles. The highest BCUT2D eigenvalue weighted by Gasteiger charge is 2.37. The highest BCUT2D eigenvalue weighted by molar-refractivity contribution is 6.31. The minimum absolute atomic E-state index is 0.461. The highest BCUT2D eigenvalue weighted by atomic mass is 35.5. The number of hydrogen-bond donors (Lipinski definition) is 0. The number of benzene rings is 1. The van der Waals surface area contributed by atoms with E-state index in [1.807, 2.05) is 36.8 Å². The number of piperazine rings is 1. The van der Waals surface area contributed by atoms with Gasteiger partial charge in [-0.15, -0.1) is 0 Å². The standard InChI is InChI=1S/C26H32Cl2N6/c1-31-16-24(14-20-2-4-21(27)5-3-20)34(18-25(31)17-32-13-10-29-19-32)23-7-11-33(12-8-23)26-15-22(28)6-9-30-26/h2-6,9-10,13,15,19,23-25H,7-8,11-12,14,16-18H2,1H3/t24-,25-/m0/s1. The minimum atomic E-state index is 0.461. The Labute approximate surface area is 212 Å². The molecule has 0 N–H and O–H groups in total. The van der Waals surface area contributed by atoms with Gasteiger partial charge in [0.2, 0.25) is 0 Å². The van der Waals surface area contributed by atoms with Crippen molar-refractivity contribution in [1.82, 2.24) is 24.3 Å². The number of pyridine rings is 1. The van der Waals surface area contributed by atoms with Gasteiger partial charge in [0.25, 0.3) is 0 Å². The molecule has 0 unspecified atom stereocenters. The molecule has 2 aliphatic rings. The van der Waals surface area contributed by atoms with Crippen LogP contribution in [0.25, 0.3) is 0 Å². The third-order valence-corrected chi connectivity index (χ3v) is 7.83. The van der Waals surface area contributed by atoms with E-state index in [1.165, 1.54) is 5.56 Å². The van der Waals surface area contributed by atoms with E-state index in [0.29, 0.717) is 18.1 Å². The van der Waals surface area contributed by atoms with Crippen molar-refractivity contribution in [3.05, 3.63) is 76.9 Å². The van der Waals surface area contributed by atoms with Crippen molar-refractivity contribution in [2.24, 2.45) is 0 Å². The maximum atomic E-state index is 6.21. The molecular weight excluding hydrogens is 467 g/mol. The number of halogens is 2. The minimum Gasteiger partial charge on any atom is -0.356 e. The summed E-state index contributed by atoms with van der Waals surface area (Å²) in [5.74, 6) is 0.986. The molecule has 0 aliphatic carbocycles. The summed E-state index contributed by atoms with van der Waals surface area (Å²) in [6.07, 6.45) is 11.0. The molecule has 5 rings (SSSR count). The van der Waals surface area contributed by atoms with Crippen LogP contribution >= 0.6 is 23.2 Å². The Balaban J connectivity index is 1.31. The zero-order chi connectivity index (χ0) is 23.5. The molecule has 8 heteroatoms. The Hall–Kier alpha value is -2.12. The third kappa shape index (κ3) is 5.57. The Morgan fingerprint density at radius 3 is 2.44 bits per heavy atom. The van der Waals surface area contributed by atoms with Crippen LogP contribution in [0.2, 0.25) is 10.0 Å². The van der Waals surface area contributed by atoms with Gasteiger partial charge in [-0.1, -0.05) is 35.3 Å². The molecule has 2 saturated heterocycles. The maximum Gasteiger partial charge on any atom is 0.129 e. The first kappa shape index (κ1) is 23.6. The highest BCUT2D eigenvalue weighted by Crippen LogP contribution is 2.28. The molecule has 0 bridgehead atoms. The largest absolute Gasteiger partial charge is 0.356 e. The van der Waals surface area contributed by atoms with Crippen LogP contribution in [0.15, 0.2) is 61.3 Å². The Morgan fingerprint density at radius 2 is 1.74 bits per heavy atom. The van der Waals surface area contributed by atoms with Crippen LogP contribution in [0, 0.1) is 0 Å². The van der Waals surface area contributed by atoms with Crippen LogP contribution in [-0.4, -0.2) is 75.7 Å². The van der Waals surface area contributed by atoms with E-state index in [-0.39, 0.29) is 0 Å². The van der Waals surface area contributed by atoms with Crippen LogP contribution in [0.5, 0.6) is 0 Å². The monoisotopic (exact) mass is 498 g/mol. The lowest BCUT2D eigenvalue weighted by Crippen LogP contribution is -2.62. The van der Waals surface area contributed by atoms with Gasteiger partial charge in [-0.25, -0.2) is 9.97 Å². The second-order valence-corrected chi connectivity index (χ2v) is 10.5. The van der Waals surface area contributed by atoms with E-state index in [4.69, 9.17) is 23.2 Å². The molecule has 4 heterocycles. The molecule has 34 heavy (non-hydrogen) atoms. The van der Waals surface area contributed by atoms with Crippen LogP contribution in [0.1, 0.15) is 18.4 Å². The van der Waals surface area contributed by atoms with Crippen molar-refractivity contribution >= 4 is 29.0 Å². The smallest absolute Gasteiger partial charge is 0.129 e. The predicted octanol–water partition coefficient (Wildman–Crippen LogP) is 4.48. The topological polar surface area (TPSA) is 40.4 Å². The molecule has 180 valence electrons. The molecule has 0 amide bonds. The van der Waals surface area contributed by atoms with Gasteiger partial charge in [0, 0.05) is 79.5 Å². The molecule has 2 atom stereocenters. The normalized spacial score (nSPS) is 22.9. The van der Waals surface area contributed by atoms with Gasteiger partial charge in [-0.3, -0.25) is 9.80 Å². The van der Waals surface area contributed by atoms with E-state index < -0.39 is 0 Å². The van der Waals surface area contributed by atoms with Crippen LogP contribution < -0.4 is 4.90 Å². The molecular formula is C26H32Cl2N6. The molecule has 0 saturated carbocycles. The van der Waals surface area contributed by atoms with Crippen molar-refractivity contribution in [1.29, 1.82) is 0 Å². The Kier molecular flexibility index (Phi) is 7.40. The van der Waals surface area contributed by atoms with Gasteiger partial charge in [0.05, 0.1) is 6.33 Å². The molecule has 0 radical (unpaired) electrons. The number of piperidine rings is 1. The first-order chi connectivity index (χ1) is 16.5. The fraction of sp³-hybridized carbons (Fsp3) is 0.462. The predicted molar refractivity (Wildman–Crippen MR) is 139 cm³/mol. The second-order valence-electron chi connectivity index (χ2n) is 9.58. The molecule has 1 aromatic carbocycles. The van der Waals surface area contributed by atoms with Gasteiger partial charge < -0.3 is 9.47 Å². The lowest BCUT2D eigenvalue weighted by atomic mass is 9.94. The van der Waals surface area contributed by atoms with E-state index >= 15 is 0 Å². The van der Waals surface area contributed by atoms with Crippen molar-refractivity contribution in [3.8, 4) is 0 Å². The fourth-order valence-electron chi connectivity index (χ4n) is 5.47. The average Bonchev–Trinajstić information content (AvgIpc) is 3.36. The molecule has 0 spiro atoms.